The van der Waals surface area contributed by atoms with Crippen LogP contribution in [0.2, 0.25) is 18.6 Å². The number of methoxy groups -OCH3 is 1. The van der Waals surface area contributed by atoms with Crippen LogP contribution in [-0.4, -0.2) is 44.0 Å². The predicted octanol–water partition coefficient (Wildman–Crippen LogP) is 4.11. The van der Waals surface area contributed by atoms with Crippen LogP contribution in [0.4, 0.5) is 4.11 Å². The van der Waals surface area contributed by atoms with E-state index < -0.39 is 8.41 Å². The molecule has 1 aliphatic rings. The van der Waals surface area contributed by atoms with E-state index in [9.17, 15) is 14.0 Å². The van der Waals surface area contributed by atoms with Gasteiger partial charge in [-0.2, -0.15) is 0 Å². The van der Waals surface area contributed by atoms with Crippen LogP contribution < -0.4 is 10.3 Å². The van der Waals surface area contributed by atoms with Gasteiger partial charge in [-0.05, 0) is 68.1 Å². The van der Waals surface area contributed by atoms with Gasteiger partial charge in [0, 0.05) is 24.0 Å². The fraction of sp³-hybridized carbons (Fsp3) is 0.522. The monoisotopic (exact) mass is 433 g/mol. The molecule has 0 amide bonds. The molecule has 1 saturated heterocycles. The van der Waals surface area contributed by atoms with Crippen molar-refractivity contribution >= 4 is 8.41 Å². The second-order valence-electron chi connectivity index (χ2n) is 8.63. The van der Waals surface area contributed by atoms with Gasteiger partial charge in [0.15, 0.2) is 5.75 Å². The van der Waals surface area contributed by atoms with Crippen molar-refractivity contribution in [2.24, 2.45) is 5.92 Å². The Morgan fingerprint density at radius 1 is 1.17 bits per heavy atom. The van der Waals surface area contributed by atoms with Crippen LogP contribution in [0.3, 0.4) is 0 Å². The summed E-state index contributed by atoms with van der Waals surface area (Å²) in [6.07, 6.45) is 3.64. The summed E-state index contributed by atoms with van der Waals surface area (Å²) in [7, 11) is -1.39. The third kappa shape index (κ3) is 4.85. The van der Waals surface area contributed by atoms with Crippen LogP contribution >= 0.6 is 0 Å². The number of nitrogens with zero attached hydrogens (tertiary/aromatic N) is 1. The number of rotatable bonds is 8. The number of aliphatic hydroxyl groups excluding tert-OH is 1. The fourth-order valence-electron chi connectivity index (χ4n) is 4.74. The minimum absolute atomic E-state index is 0.00486. The highest BCUT2D eigenvalue weighted by Crippen LogP contribution is 2.46. The number of hydrogen-bond donors (Lipinski definition) is 1. The minimum Gasteiger partial charge on any atom is -0.491 e. The van der Waals surface area contributed by atoms with E-state index in [-0.39, 0.29) is 35.8 Å². The van der Waals surface area contributed by atoms with Gasteiger partial charge in [-0.15, -0.1) is 0 Å². The molecule has 164 valence electrons. The Morgan fingerprint density at radius 3 is 2.47 bits per heavy atom. The van der Waals surface area contributed by atoms with Gasteiger partial charge >= 0.3 is 0 Å². The molecule has 2 aromatic rings. The van der Waals surface area contributed by atoms with Crippen LogP contribution in [0.25, 0.3) is 5.69 Å². The number of benzene rings is 1. The van der Waals surface area contributed by atoms with Crippen LogP contribution in [0.5, 0.6) is 5.75 Å². The van der Waals surface area contributed by atoms with Crippen molar-refractivity contribution < 1.29 is 18.7 Å². The summed E-state index contributed by atoms with van der Waals surface area (Å²) in [5.74, 6) is 0.447. The Balaban J connectivity index is 1.68. The second kappa shape index (κ2) is 9.45. The first kappa shape index (κ1) is 22.7. The molecule has 0 spiro atoms. The average molecular weight is 434 g/mol. The van der Waals surface area contributed by atoms with Crippen LogP contribution in [0, 0.1) is 5.92 Å². The Morgan fingerprint density at radius 2 is 1.87 bits per heavy atom. The lowest BCUT2D eigenvalue weighted by molar-refractivity contribution is 0.0193. The van der Waals surface area contributed by atoms with Crippen molar-refractivity contribution in [3.8, 4) is 11.4 Å². The van der Waals surface area contributed by atoms with E-state index in [2.05, 4.69) is 6.92 Å². The standard InChI is InChI=1S/C23H32FNO4Si/c1-16-19(29-20(13-15-26)22(16)30(3,4)24)12-9-17-7-10-18(11-8-17)25-14-5-6-21(28-2)23(25)27/h5-8,10-11,14,16,19-20,22,26H,9,12-13,15H2,1-4H3/t16-,19+,20-,22+/m0/s1. The summed E-state index contributed by atoms with van der Waals surface area (Å²) in [5, 5.41) is 9.34. The zero-order chi connectivity index (χ0) is 21.9. The van der Waals surface area contributed by atoms with Crippen LogP contribution in [-0.2, 0) is 11.2 Å². The Bertz CT molecular complexity index is 893. The smallest absolute Gasteiger partial charge is 0.297 e. The molecule has 1 aromatic heterocycles. The lowest BCUT2D eigenvalue weighted by Gasteiger charge is -2.28. The van der Waals surface area contributed by atoms with Gasteiger partial charge in [-0.25, -0.2) is 0 Å². The van der Waals surface area contributed by atoms with Gasteiger partial charge in [0.25, 0.3) is 5.56 Å². The lowest BCUT2D eigenvalue weighted by Crippen LogP contribution is -2.36. The first-order valence-corrected chi connectivity index (χ1v) is 13.5. The van der Waals surface area contributed by atoms with Crippen molar-refractivity contribution in [3.63, 3.8) is 0 Å². The molecule has 0 radical (unpaired) electrons. The number of aryl methyl sites for hydroxylation is 1. The van der Waals surface area contributed by atoms with Gasteiger partial charge < -0.3 is 18.7 Å². The molecular weight excluding hydrogens is 401 g/mol. The molecule has 0 unspecified atom stereocenters. The van der Waals surface area contributed by atoms with Gasteiger partial charge in [0.05, 0.1) is 19.3 Å². The van der Waals surface area contributed by atoms with Crippen molar-refractivity contribution in [3.05, 3.63) is 58.5 Å². The largest absolute Gasteiger partial charge is 0.491 e. The molecule has 1 N–H and O–H groups in total. The van der Waals surface area contributed by atoms with Crippen LogP contribution in [0.1, 0.15) is 25.3 Å². The van der Waals surface area contributed by atoms with Gasteiger partial charge in [0.1, 0.15) is 0 Å². The molecule has 4 atom stereocenters. The minimum atomic E-state index is -2.87. The summed E-state index contributed by atoms with van der Waals surface area (Å²) >= 11 is 0. The SMILES string of the molecule is COc1cccn(-c2ccc(CC[C@H]3O[C@@H](CCO)[C@H]([Si](C)(C)F)[C@H]3C)cc2)c1=O. The topological polar surface area (TPSA) is 60.7 Å². The summed E-state index contributed by atoms with van der Waals surface area (Å²) in [5.41, 5.74) is 1.64. The summed E-state index contributed by atoms with van der Waals surface area (Å²) in [6, 6.07) is 11.3. The molecule has 3 rings (SSSR count). The molecule has 7 heteroatoms. The number of halogens is 1. The predicted molar refractivity (Wildman–Crippen MR) is 119 cm³/mol. The molecule has 0 saturated carbocycles. The second-order valence-corrected chi connectivity index (χ2v) is 12.4. The molecule has 0 aliphatic carbocycles. The summed E-state index contributed by atoms with van der Waals surface area (Å²) < 4.78 is 27.7. The third-order valence-corrected chi connectivity index (χ3v) is 8.66. The number of aromatic nitrogens is 1. The van der Waals surface area contributed by atoms with E-state index in [0.717, 1.165) is 24.1 Å². The molecule has 1 aliphatic heterocycles. The Kier molecular flexibility index (Phi) is 7.16. The van der Waals surface area contributed by atoms with E-state index in [1.165, 1.54) is 7.11 Å². The van der Waals surface area contributed by atoms with Gasteiger partial charge in [0.2, 0.25) is 8.41 Å². The molecule has 2 heterocycles. The number of pyridine rings is 1. The number of hydrogen-bond acceptors (Lipinski definition) is 4. The zero-order valence-corrected chi connectivity index (χ0v) is 19.2. The van der Waals surface area contributed by atoms with Crippen molar-refractivity contribution in [1.82, 2.24) is 4.57 Å². The Hall–Kier alpha value is -1.96. The highest BCUT2D eigenvalue weighted by atomic mass is 28.4. The highest BCUT2D eigenvalue weighted by Gasteiger charge is 2.50. The van der Waals surface area contributed by atoms with Crippen molar-refractivity contribution in [2.75, 3.05) is 13.7 Å². The maximum atomic E-state index is 14.9. The molecule has 0 bridgehead atoms. The van der Waals surface area contributed by atoms with E-state index >= 15 is 0 Å². The Labute approximate surface area is 178 Å². The van der Waals surface area contributed by atoms with E-state index in [4.69, 9.17) is 9.47 Å². The molecular formula is C23H32FNO4Si. The molecule has 1 aromatic carbocycles. The van der Waals surface area contributed by atoms with Gasteiger partial charge in [-0.3, -0.25) is 9.36 Å². The normalized spacial score (nSPS) is 24.2. The quantitative estimate of drug-likeness (QED) is 0.503. The molecule has 5 nitrogen and oxygen atoms in total. The van der Waals surface area contributed by atoms with Crippen molar-refractivity contribution in [2.45, 2.75) is 57.0 Å². The molecule has 1 fully saturated rings. The first-order valence-electron chi connectivity index (χ1n) is 10.6. The van der Waals surface area contributed by atoms with E-state index in [1.807, 2.05) is 24.3 Å². The molecule has 30 heavy (non-hydrogen) atoms. The maximum Gasteiger partial charge on any atom is 0.297 e. The van der Waals surface area contributed by atoms with E-state index in [1.54, 1.807) is 36.0 Å². The fourth-order valence-corrected chi connectivity index (χ4v) is 7.34. The first-order chi connectivity index (χ1) is 14.3. The number of aliphatic hydroxyl groups is 1. The maximum absolute atomic E-state index is 14.9. The third-order valence-electron chi connectivity index (χ3n) is 6.17. The number of ether oxygens (including phenoxy) is 2. The van der Waals surface area contributed by atoms with Gasteiger partial charge in [-0.1, -0.05) is 19.1 Å². The summed E-state index contributed by atoms with van der Waals surface area (Å²) in [4.78, 5) is 12.4. The zero-order valence-electron chi connectivity index (χ0n) is 18.2. The van der Waals surface area contributed by atoms with Crippen LogP contribution in [0.15, 0.2) is 47.4 Å². The summed E-state index contributed by atoms with van der Waals surface area (Å²) in [6.45, 7) is 5.59. The lowest BCUT2D eigenvalue weighted by atomic mass is 9.95. The van der Waals surface area contributed by atoms with E-state index in [0.29, 0.717) is 12.2 Å². The highest BCUT2D eigenvalue weighted by molar-refractivity contribution is 6.72. The van der Waals surface area contributed by atoms with Crippen molar-refractivity contribution in [1.29, 1.82) is 0 Å². The average Bonchev–Trinajstić information content (AvgIpc) is 3.03.